The standard InChI is InChI=1S/C14H12BrClFNO/c15-12-7-11(17)5-6-13(12)19-14(8-18)9-1-3-10(16)4-2-9/h1-7,14H,8,18H2. The van der Waals surface area contributed by atoms with Gasteiger partial charge in [0.25, 0.3) is 0 Å². The van der Waals surface area contributed by atoms with Crippen LogP contribution in [0.1, 0.15) is 11.7 Å². The maximum Gasteiger partial charge on any atom is 0.136 e. The molecule has 0 saturated carbocycles. The summed E-state index contributed by atoms with van der Waals surface area (Å²) in [4.78, 5) is 0. The normalized spacial score (nSPS) is 12.2. The molecule has 0 heterocycles. The van der Waals surface area contributed by atoms with Crippen molar-refractivity contribution in [3.05, 3.63) is 63.3 Å². The lowest BCUT2D eigenvalue weighted by molar-refractivity contribution is 0.212. The molecule has 0 radical (unpaired) electrons. The van der Waals surface area contributed by atoms with Crippen molar-refractivity contribution in [2.24, 2.45) is 5.73 Å². The smallest absolute Gasteiger partial charge is 0.136 e. The summed E-state index contributed by atoms with van der Waals surface area (Å²) in [5, 5.41) is 0.655. The van der Waals surface area contributed by atoms with Gasteiger partial charge in [-0.15, -0.1) is 0 Å². The minimum Gasteiger partial charge on any atom is -0.483 e. The molecular weight excluding hydrogens is 333 g/mol. The van der Waals surface area contributed by atoms with Gasteiger partial charge in [0.05, 0.1) is 4.47 Å². The summed E-state index contributed by atoms with van der Waals surface area (Å²) in [6.07, 6.45) is -0.306. The first-order valence-electron chi connectivity index (χ1n) is 5.67. The molecule has 2 aromatic carbocycles. The van der Waals surface area contributed by atoms with Crippen molar-refractivity contribution < 1.29 is 9.13 Å². The second kappa shape index (κ2) is 6.37. The van der Waals surface area contributed by atoms with Crippen LogP contribution in [0, 0.1) is 5.82 Å². The Morgan fingerprint density at radius 3 is 2.47 bits per heavy atom. The van der Waals surface area contributed by atoms with E-state index in [2.05, 4.69) is 15.9 Å². The third-order valence-electron chi connectivity index (χ3n) is 2.62. The topological polar surface area (TPSA) is 35.2 Å². The lowest BCUT2D eigenvalue weighted by Gasteiger charge is -2.19. The van der Waals surface area contributed by atoms with Gasteiger partial charge in [-0.05, 0) is 51.8 Å². The van der Waals surface area contributed by atoms with Crippen LogP contribution < -0.4 is 10.5 Å². The fourth-order valence-corrected chi connectivity index (χ4v) is 2.22. The molecule has 0 saturated heterocycles. The van der Waals surface area contributed by atoms with Crippen molar-refractivity contribution in [3.63, 3.8) is 0 Å². The predicted molar refractivity (Wildman–Crippen MR) is 78.0 cm³/mol. The molecule has 0 aromatic heterocycles. The number of hydrogen-bond acceptors (Lipinski definition) is 2. The molecule has 0 aliphatic heterocycles. The van der Waals surface area contributed by atoms with Crippen molar-refractivity contribution in [1.82, 2.24) is 0 Å². The van der Waals surface area contributed by atoms with E-state index in [0.717, 1.165) is 5.56 Å². The van der Waals surface area contributed by atoms with E-state index in [-0.39, 0.29) is 11.9 Å². The summed E-state index contributed by atoms with van der Waals surface area (Å²) in [6.45, 7) is 0.311. The zero-order valence-corrected chi connectivity index (χ0v) is 12.3. The van der Waals surface area contributed by atoms with Crippen molar-refractivity contribution in [1.29, 1.82) is 0 Å². The van der Waals surface area contributed by atoms with Gasteiger partial charge in [-0.25, -0.2) is 4.39 Å². The molecule has 19 heavy (non-hydrogen) atoms. The third-order valence-corrected chi connectivity index (χ3v) is 3.49. The van der Waals surface area contributed by atoms with Crippen LogP contribution in [0.15, 0.2) is 46.9 Å². The van der Waals surface area contributed by atoms with E-state index in [1.807, 2.05) is 12.1 Å². The second-order valence-corrected chi connectivity index (χ2v) is 5.26. The lowest BCUT2D eigenvalue weighted by Crippen LogP contribution is -2.18. The Labute approximate surface area is 124 Å². The number of ether oxygens (including phenoxy) is 1. The van der Waals surface area contributed by atoms with Crippen LogP contribution in [0.5, 0.6) is 5.75 Å². The number of benzene rings is 2. The maximum atomic E-state index is 13.0. The van der Waals surface area contributed by atoms with Crippen LogP contribution in [-0.4, -0.2) is 6.54 Å². The Kier molecular flexibility index (Phi) is 4.80. The van der Waals surface area contributed by atoms with Crippen molar-refractivity contribution in [3.8, 4) is 5.75 Å². The molecular formula is C14H12BrClFNO. The number of halogens is 3. The van der Waals surface area contributed by atoms with Crippen molar-refractivity contribution >= 4 is 27.5 Å². The summed E-state index contributed by atoms with van der Waals surface area (Å²) >= 11 is 9.10. The van der Waals surface area contributed by atoms with Crippen molar-refractivity contribution in [2.75, 3.05) is 6.54 Å². The van der Waals surface area contributed by atoms with Crippen molar-refractivity contribution in [2.45, 2.75) is 6.10 Å². The molecule has 0 bridgehead atoms. The van der Waals surface area contributed by atoms with Crippen LogP contribution in [0.25, 0.3) is 0 Å². The van der Waals surface area contributed by atoms with Crippen LogP contribution >= 0.6 is 27.5 Å². The first-order valence-corrected chi connectivity index (χ1v) is 6.84. The highest BCUT2D eigenvalue weighted by Gasteiger charge is 2.13. The molecule has 1 unspecified atom stereocenters. The molecule has 2 nitrogen and oxygen atoms in total. The minimum absolute atomic E-state index is 0.306. The molecule has 0 fully saturated rings. The van der Waals surface area contributed by atoms with E-state index in [0.29, 0.717) is 21.8 Å². The Morgan fingerprint density at radius 1 is 1.21 bits per heavy atom. The molecule has 0 amide bonds. The number of rotatable bonds is 4. The summed E-state index contributed by atoms with van der Waals surface area (Å²) in [6, 6.07) is 11.5. The van der Waals surface area contributed by atoms with Crippen LogP contribution in [0.4, 0.5) is 4.39 Å². The van der Waals surface area contributed by atoms with Gasteiger partial charge in [0.15, 0.2) is 0 Å². The van der Waals surface area contributed by atoms with Gasteiger partial charge in [-0.3, -0.25) is 0 Å². The molecule has 5 heteroatoms. The summed E-state index contributed by atoms with van der Waals surface area (Å²) in [5.74, 6) is 0.224. The largest absolute Gasteiger partial charge is 0.483 e. The van der Waals surface area contributed by atoms with E-state index < -0.39 is 0 Å². The first kappa shape index (κ1) is 14.3. The molecule has 2 rings (SSSR count). The highest BCUT2D eigenvalue weighted by Crippen LogP contribution is 2.30. The van der Waals surface area contributed by atoms with E-state index in [1.54, 1.807) is 18.2 Å². The van der Waals surface area contributed by atoms with Gasteiger partial charge in [-0.1, -0.05) is 23.7 Å². The zero-order valence-electron chi connectivity index (χ0n) is 9.95. The Bertz CT molecular complexity index is 562. The predicted octanol–water partition coefficient (Wildman–Crippen LogP) is 4.32. The second-order valence-electron chi connectivity index (χ2n) is 3.97. The van der Waals surface area contributed by atoms with Crippen LogP contribution in [0.2, 0.25) is 5.02 Å². The Balaban J connectivity index is 2.21. The van der Waals surface area contributed by atoms with E-state index in [4.69, 9.17) is 22.1 Å². The SMILES string of the molecule is NCC(Oc1ccc(F)cc1Br)c1ccc(Cl)cc1. The number of nitrogens with two attached hydrogens (primary N) is 1. The molecule has 2 N–H and O–H groups in total. The van der Waals surface area contributed by atoms with Gasteiger partial charge in [0, 0.05) is 11.6 Å². The fourth-order valence-electron chi connectivity index (χ4n) is 1.65. The zero-order chi connectivity index (χ0) is 13.8. The first-order chi connectivity index (χ1) is 9.10. The van der Waals surface area contributed by atoms with Gasteiger partial charge >= 0.3 is 0 Å². The van der Waals surface area contributed by atoms with E-state index in [1.165, 1.54) is 12.1 Å². The summed E-state index contributed by atoms with van der Waals surface area (Å²) in [5.41, 5.74) is 6.64. The highest BCUT2D eigenvalue weighted by molar-refractivity contribution is 9.10. The average Bonchev–Trinajstić information content (AvgIpc) is 2.39. The van der Waals surface area contributed by atoms with Gasteiger partial charge in [0.2, 0.25) is 0 Å². The Morgan fingerprint density at radius 2 is 1.89 bits per heavy atom. The molecule has 2 aromatic rings. The third kappa shape index (κ3) is 3.69. The van der Waals surface area contributed by atoms with Gasteiger partial charge < -0.3 is 10.5 Å². The van der Waals surface area contributed by atoms with Gasteiger partial charge in [-0.2, -0.15) is 0 Å². The van der Waals surface area contributed by atoms with Gasteiger partial charge in [0.1, 0.15) is 17.7 Å². The molecule has 0 aliphatic carbocycles. The highest BCUT2D eigenvalue weighted by atomic mass is 79.9. The molecule has 0 spiro atoms. The summed E-state index contributed by atoms with van der Waals surface area (Å²) in [7, 11) is 0. The lowest BCUT2D eigenvalue weighted by atomic mass is 10.1. The Hall–Kier alpha value is -1.10. The monoisotopic (exact) mass is 343 g/mol. The average molecular weight is 345 g/mol. The maximum absolute atomic E-state index is 13.0. The fraction of sp³-hybridized carbons (Fsp3) is 0.143. The number of hydrogen-bond donors (Lipinski definition) is 1. The molecule has 1 atom stereocenters. The van der Waals surface area contributed by atoms with E-state index >= 15 is 0 Å². The molecule has 0 aliphatic rings. The van der Waals surface area contributed by atoms with E-state index in [9.17, 15) is 4.39 Å². The van der Waals surface area contributed by atoms with Crippen LogP contribution in [0.3, 0.4) is 0 Å². The molecule has 100 valence electrons. The minimum atomic E-state index is -0.324. The summed E-state index contributed by atoms with van der Waals surface area (Å²) < 4.78 is 19.4. The van der Waals surface area contributed by atoms with Crippen LogP contribution in [-0.2, 0) is 0 Å². The quantitative estimate of drug-likeness (QED) is 0.896.